The first kappa shape index (κ1) is 40.1. The van der Waals surface area contributed by atoms with E-state index in [0.717, 1.165) is 90.5 Å². The number of hydrogen-bond acceptors (Lipinski definition) is 10. The second kappa shape index (κ2) is 15.8. The van der Waals surface area contributed by atoms with E-state index in [-0.39, 0.29) is 29.2 Å². The number of aryl methyl sites for hydroxylation is 2. The van der Waals surface area contributed by atoms with Crippen LogP contribution in [-0.2, 0) is 34.4 Å². The van der Waals surface area contributed by atoms with Gasteiger partial charge >= 0.3 is 0 Å². The summed E-state index contributed by atoms with van der Waals surface area (Å²) in [4.78, 5) is 84.2. The second-order valence-electron chi connectivity index (χ2n) is 17.2. The van der Waals surface area contributed by atoms with Crippen LogP contribution in [0.1, 0.15) is 102 Å². The average Bonchev–Trinajstić information content (AvgIpc) is 3.45. The molecule has 3 aliphatic carbocycles. The van der Waals surface area contributed by atoms with Gasteiger partial charge in [-0.1, -0.05) is 31.4 Å². The van der Waals surface area contributed by atoms with Gasteiger partial charge in [-0.2, -0.15) is 0 Å². The third kappa shape index (κ3) is 7.23. The summed E-state index contributed by atoms with van der Waals surface area (Å²) in [6, 6.07) is 10.2. The number of Topliss-reactive ketones (excluding diaryl/α,β-unsaturated/α-hetero) is 1. The fourth-order valence-corrected chi connectivity index (χ4v) is 10.4. The Morgan fingerprint density at radius 2 is 1.63 bits per heavy atom. The molecule has 1 saturated heterocycles. The van der Waals surface area contributed by atoms with Crippen molar-refractivity contribution >= 4 is 40.2 Å². The molecule has 13 nitrogen and oxygen atoms in total. The Balaban J connectivity index is 0.786. The van der Waals surface area contributed by atoms with Crippen LogP contribution in [0.4, 0.5) is 0 Å². The third-order valence-corrected chi connectivity index (χ3v) is 13.1. The van der Waals surface area contributed by atoms with Crippen molar-refractivity contribution in [3.63, 3.8) is 0 Å². The minimum atomic E-state index is -0.973. The zero-order chi connectivity index (χ0) is 41.6. The van der Waals surface area contributed by atoms with E-state index in [0.29, 0.717) is 53.2 Å². The number of ether oxygens (including phenoxy) is 2. The molecule has 13 heteroatoms. The number of fused-ring (bicyclic) bond motifs is 2. The van der Waals surface area contributed by atoms with E-state index in [1.807, 2.05) is 30.5 Å². The van der Waals surface area contributed by atoms with Crippen molar-refractivity contribution in [2.75, 3.05) is 27.8 Å². The Morgan fingerprint density at radius 3 is 2.34 bits per heavy atom. The number of benzene rings is 2. The zero-order valence-corrected chi connectivity index (χ0v) is 34.2. The molecule has 4 aromatic rings. The Morgan fingerprint density at radius 1 is 0.915 bits per heavy atom. The van der Waals surface area contributed by atoms with Crippen LogP contribution < -0.4 is 20.3 Å². The molecule has 0 spiro atoms. The molecule has 1 unspecified atom stereocenters. The molecule has 59 heavy (non-hydrogen) atoms. The molecular weight excluding hydrogens is 751 g/mol. The van der Waals surface area contributed by atoms with Crippen LogP contribution in [0.25, 0.3) is 21.9 Å². The number of amides is 4. The summed E-state index contributed by atoms with van der Waals surface area (Å²) in [7, 11) is 7.16. The number of hydrogen-bond donors (Lipinski definition) is 1. The largest absolute Gasteiger partial charge is 0.496 e. The van der Waals surface area contributed by atoms with Crippen LogP contribution in [-0.4, -0.2) is 82.6 Å². The van der Waals surface area contributed by atoms with Crippen LogP contribution in [0.2, 0.25) is 0 Å². The van der Waals surface area contributed by atoms with Crippen molar-refractivity contribution in [2.24, 2.45) is 17.9 Å². The van der Waals surface area contributed by atoms with E-state index in [4.69, 9.17) is 9.47 Å². The average molecular weight is 802 g/mol. The number of nitrogens with zero attached hydrogens (tertiary/aromatic N) is 4. The van der Waals surface area contributed by atoms with Gasteiger partial charge in [0.2, 0.25) is 11.8 Å². The molecule has 2 bridgehead atoms. The Labute approximate surface area is 343 Å². The molecule has 1 atom stereocenters. The number of piperidine rings is 1. The number of carbonyl (C=O) groups excluding carboxylic acids is 5. The number of aromatic nitrogens is 2. The summed E-state index contributed by atoms with van der Waals surface area (Å²) in [5.41, 5.74) is 4.10. The molecule has 2 aromatic heterocycles. The Kier molecular flexibility index (Phi) is 10.8. The first-order valence-corrected chi connectivity index (χ1v) is 20.6. The van der Waals surface area contributed by atoms with E-state index in [2.05, 4.69) is 22.2 Å². The van der Waals surface area contributed by atoms with Crippen molar-refractivity contribution < 1.29 is 33.4 Å². The van der Waals surface area contributed by atoms with Gasteiger partial charge in [0.05, 0.1) is 36.3 Å². The van der Waals surface area contributed by atoms with Crippen molar-refractivity contribution in [1.82, 2.24) is 24.7 Å². The Hall–Kier alpha value is -5.69. The lowest BCUT2D eigenvalue weighted by Crippen LogP contribution is -2.68. The molecule has 2 aromatic carbocycles. The van der Waals surface area contributed by atoms with Gasteiger partial charge in [0.1, 0.15) is 23.3 Å². The fourth-order valence-electron chi connectivity index (χ4n) is 10.4. The smallest absolute Gasteiger partial charge is 0.262 e. The van der Waals surface area contributed by atoms with Gasteiger partial charge in [-0.05, 0) is 98.2 Å². The molecule has 0 radical (unpaired) electrons. The summed E-state index contributed by atoms with van der Waals surface area (Å²) >= 11 is 0. The lowest BCUT2D eigenvalue weighted by molar-refractivity contribution is -0.211. The summed E-state index contributed by atoms with van der Waals surface area (Å²) in [6.45, 7) is 1.50. The zero-order valence-electron chi connectivity index (χ0n) is 34.2. The van der Waals surface area contributed by atoms with Gasteiger partial charge in [0, 0.05) is 62.5 Å². The van der Waals surface area contributed by atoms with Crippen LogP contribution in [0.3, 0.4) is 0 Å². The van der Waals surface area contributed by atoms with Gasteiger partial charge in [-0.15, -0.1) is 0 Å². The molecule has 3 saturated carbocycles. The summed E-state index contributed by atoms with van der Waals surface area (Å²) < 4.78 is 13.4. The first-order valence-electron chi connectivity index (χ1n) is 20.6. The van der Waals surface area contributed by atoms with Crippen LogP contribution >= 0.6 is 0 Å². The predicted octanol–water partition coefficient (Wildman–Crippen LogP) is 5.77. The predicted molar refractivity (Wildman–Crippen MR) is 220 cm³/mol. The summed E-state index contributed by atoms with van der Waals surface area (Å²) in [5, 5.41) is 3.61. The van der Waals surface area contributed by atoms with Crippen LogP contribution in [0.5, 0.6) is 11.5 Å². The normalized spacial score (nSPS) is 22.0. The number of nitrogens with one attached hydrogen (secondary N) is 1. The minimum Gasteiger partial charge on any atom is -0.496 e. The molecule has 308 valence electrons. The highest BCUT2D eigenvalue weighted by Crippen LogP contribution is 2.74. The number of rotatable bonds is 17. The fraction of sp³-hybridized carbons (Fsp3) is 0.457. The molecule has 5 aliphatic rings. The number of unbranched alkanes of at least 4 members (excludes halogenated alkanes) is 4. The molecule has 4 amide bonds. The lowest BCUT2D eigenvalue weighted by atomic mass is 9.33. The van der Waals surface area contributed by atoms with Gasteiger partial charge in [-0.3, -0.25) is 44.0 Å². The molecule has 2 aliphatic heterocycles. The maximum Gasteiger partial charge on any atom is 0.262 e. The maximum atomic E-state index is 13.4. The molecule has 4 heterocycles. The van der Waals surface area contributed by atoms with E-state index in [9.17, 15) is 28.8 Å². The number of carbonyl (C=O) groups is 5. The van der Waals surface area contributed by atoms with E-state index in [1.54, 1.807) is 50.4 Å². The molecular formula is C46H51N5O8. The van der Waals surface area contributed by atoms with Gasteiger partial charge in [-0.25, -0.2) is 0 Å². The maximum absolute atomic E-state index is 13.4. The van der Waals surface area contributed by atoms with E-state index >= 15 is 0 Å². The minimum absolute atomic E-state index is 0.0888. The van der Waals surface area contributed by atoms with Gasteiger partial charge in [0.25, 0.3) is 17.4 Å². The van der Waals surface area contributed by atoms with E-state index in [1.165, 1.54) is 0 Å². The topological polar surface area (TPSA) is 157 Å². The number of pyridine rings is 2. The number of ketones is 1. The summed E-state index contributed by atoms with van der Waals surface area (Å²) in [6.07, 6.45) is 14.0. The Bertz CT molecular complexity index is 2410. The highest BCUT2D eigenvalue weighted by Gasteiger charge is 2.70. The van der Waals surface area contributed by atoms with Crippen molar-refractivity contribution in [1.29, 1.82) is 0 Å². The first-order chi connectivity index (χ1) is 28.4. The quantitative estimate of drug-likeness (QED) is 0.103. The van der Waals surface area contributed by atoms with Gasteiger partial charge < -0.3 is 18.9 Å². The second-order valence-corrected chi connectivity index (χ2v) is 17.2. The molecule has 1 N–H and O–H groups in total. The van der Waals surface area contributed by atoms with Crippen molar-refractivity contribution in [2.45, 2.75) is 89.6 Å². The van der Waals surface area contributed by atoms with Crippen LogP contribution in [0, 0.1) is 10.8 Å². The van der Waals surface area contributed by atoms with E-state index < -0.39 is 29.7 Å². The monoisotopic (exact) mass is 801 g/mol. The highest BCUT2D eigenvalue weighted by atomic mass is 16.5. The lowest BCUT2D eigenvalue weighted by Gasteiger charge is -2.70. The standard InChI is InChI=1S/C46H51N5O8/c1-49(22-34-36(58-3)19-29(20-37(34)59-4)33-23-50(2)42(55)32-21-47-18-17-30(32)33)27-45-24-46(25-45,26-45)38(52)14-9-7-5-6-8-11-28-12-10-13-31-40(28)44(57)51(43(31)56)35-15-16-39(53)48-41(35)54/h10,12-13,17-21,23,35H,5-9,11,14-16,22,24-27H2,1-4H3,(H,48,53,54). The highest BCUT2D eigenvalue weighted by molar-refractivity contribution is 6.24. The SMILES string of the molecule is COc1cc(-c2cn(C)c(=O)c3cnccc23)cc(OC)c1CN(C)CC12CC(C(=O)CCCCCCCc3cccc4c3C(=O)N(C3CCC(=O)NC3=O)C4=O)(C1)C2. The number of imide groups is 2. The van der Waals surface area contributed by atoms with Crippen LogP contribution in [0.15, 0.2) is 59.8 Å². The third-order valence-electron chi connectivity index (χ3n) is 13.1. The van der Waals surface area contributed by atoms with Crippen molar-refractivity contribution in [3.05, 3.63) is 87.6 Å². The van der Waals surface area contributed by atoms with Crippen molar-refractivity contribution in [3.8, 4) is 22.6 Å². The number of methoxy groups -OCH3 is 2. The van der Waals surface area contributed by atoms with Gasteiger partial charge in [0.15, 0.2) is 0 Å². The summed E-state index contributed by atoms with van der Waals surface area (Å²) in [5.74, 6) is -0.139. The molecule has 9 rings (SSSR count). The molecule has 4 fully saturated rings.